The van der Waals surface area contributed by atoms with Crippen molar-refractivity contribution in [2.45, 2.75) is 17.4 Å². The Balaban J connectivity index is 2.15. The van der Waals surface area contributed by atoms with Gasteiger partial charge in [-0.05, 0) is 25.3 Å². The van der Waals surface area contributed by atoms with Crippen molar-refractivity contribution in [2.75, 3.05) is 19.3 Å². The third-order valence-electron chi connectivity index (χ3n) is 2.42. The minimum Gasteiger partial charge on any atom is -0.484 e. The summed E-state index contributed by atoms with van der Waals surface area (Å²) >= 11 is 1.73. The molecule has 1 aromatic rings. The van der Waals surface area contributed by atoms with Gasteiger partial charge in [0.1, 0.15) is 11.4 Å². The lowest BCUT2D eigenvalue weighted by Crippen LogP contribution is -2.61. The minimum absolute atomic E-state index is 0.00810. The van der Waals surface area contributed by atoms with Crippen LogP contribution in [0.2, 0.25) is 0 Å². The fraction of sp³-hybridized carbons (Fsp3) is 0.455. The fourth-order valence-corrected chi connectivity index (χ4v) is 2.04. The topological polar surface area (TPSA) is 21.3 Å². The second-order valence-electron chi connectivity index (χ2n) is 3.81. The van der Waals surface area contributed by atoms with Gasteiger partial charge in [0.15, 0.2) is 0 Å². The summed E-state index contributed by atoms with van der Waals surface area (Å²) in [5.74, 6) is 1.00. The maximum Gasteiger partial charge on any atom is 0.133 e. The van der Waals surface area contributed by atoms with Gasteiger partial charge in [0, 0.05) is 18.0 Å². The van der Waals surface area contributed by atoms with E-state index in [4.69, 9.17) is 4.74 Å². The first-order valence-electron chi connectivity index (χ1n) is 4.76. The second-order valence-corrected chi connectivity index (χ2v) is 4.65. The van der Waals surface area contributed by atoms with Crippen LogP contribution in [0.25, 0.3) is 0 Å². The zero-order chi connectivity index (χ0) is 10.0. The Bertz CT molecular complexity index is 323. The van der Waals surface area contributed by atoms with Crippen LogP contribution in [0.1, 0.15) is 6.92 Å². The van der Waals surface area contributed by atoms with E-state index < -0.39 is 0 Å². The van der Waals surface area contributed by atoms with Crippen molar-refractivity contribution in [2.24, 2.45) is 0 Å². The molecule has 14 heavy (non-hydrogen) atoms. The van der Waals surface area contributed by atoms with Crippen molar-refractivity contribution < 1.29 is 4.74 Å². The lowest BCUT2D eigenvalue weighted by atomic mass is 10.00. The molecule has 0 atom stereocenters. The molecule has 1 aliphatic rings. The van der Waals surface area contributed by atoms with Gasteiger partial charge in [-0.2, -0.15) is 0 Å². The molecule has 2 rings (SSSR count). The van der Waals surface area contributed by atoms with Gasteiger partial charge in [-0.1, -0.05) is 12.1 Å². The van der Waals surface area contributed by atoms with Crippen LogP contribution in [0.3, 0.4) is 0 Å². The SMILES string of the molecule is CSc1ccccc1OC1(C)CNC1. The van der Waals surface area contributed by atoms with E-state index in [0.717, 1.165) is 18.8 Å². The summed E-state index contributed by atoms with van der Waals surface area (Å²) in [5.41, 5.74) is -0.00810. The number of para-hydroxylation sites is 1. The Morgan fingerprint density at radius 3 is 2.64 bits per heavy atom. The molecule has 1 aromatic carbocycles. The Labute approximate surface area is 89.0 Å². The Kier molecular flexibility index (Phi) is 2.70. The standard InChI is InChI=1S/C11H15NOS/c1-11(7-12-8-11)13-9-5-3-4-6-10(9)14-2/h3-6,12H,7-8H2,1-2H3. The molecule has 0 spiro atoms. The maximum absolute atomic E-state index is 5.98. The summed E-state index contributed by atoms with van der Waals surface area (Å²) in [4.78, 5) is 1.21. The van der Waals surface area contributed by atoms with Crippen molar-refractivity contribution in [3.63, 3.8) is 0 Å². The Morgan fingerprint density at radius 1 is 1.36 bits per heavy atom. The molecule has 1 fully saturated rings. The van der Waals surface area contributed by atoms with Crippen molar-refractivity contribution in [1.29, 1.82) is 0 Å². The largest absolute Gasteiger partial charge is 0.484 e. The summed E-state index contributed by atoms with van der Waals surface area (Å²) in [7, 11) is 0. The number of ether oxygens (including phenoxy) is 1. The zero-order valence-corrected chi connectivity index (χ0v) is 9.36. The minimum atomic E-state index is -0.00810. The number of thioether (sulfide) groups is 1. The predicted molar refractivity (Wildman–Crippen MR) is 60.1 cm³/mol. The summed E-state index contributed by atoms with van der Waals surface area (Å²) in [6.45, 7) is 4.02. The van der Waals surface area contributed by atoms with E-state index >= 15 is 0 Å². The molecule has 1 saturated heterocycles. The predicted octanol–water partition coefficient (Wildman–Crippen LogP) is 2.15. The van der Waals surface area contributed by atoms with E-state index in [9.17, 15) is 0 Å². The Hall–Kier alpha value is -0.670. The molecule has 0 radical (unpaired) electrons. The van der Waals surface area contributed by atoms with Crippen LogP contribution in [0.5, 0.6) is 5.75 Å². The van der Waals surface area contributed by atoms with Gasteiger partial charge >= 0.3 is 0 Å². The molecule has 1 aliphatic heterocycles. The monoisotopic (exact) mass is 209 g/mol. The molecule has 0 aliphatic carbocycles. The molecule has 0 unspecified atom stereocenters. The molecule has 0 amide bonds. The molecule has 3 heteroatoms. The maximum atomic E-state index is 5.98. The number of hydrogen-bond acceptors (Lipinski definition) is 3. The Morgan fingerprint density at radius 2 is 2.07 bits per heavy atom. The summed E-state index contributed by atoms with van der Waals surface area (Å²) in [5, 5.41) is 3.23. The van der Waals surface area contributed by atoms with Crippen molar-refractivity contribution in [1.82, 2.24) is 5.32 Å². The van der Waals surface area contributed by atoms with E-state index in [0.29, 0.717) is 0 Å². The van der Waals surface area contributed by atoms with Crippen LogP contribution in [-0.2, 0) is 0 Å². The number of hydrogen-bond donors (Lipinski definition) is 1. The van der Waals surface area contributed by atoms with Crippen LogP contribution in [0.4, 0.5) is 0 Å². The highest BCUT2D eigenvalue weighted by molar-refractivity contribution is 7.98. The first-order valence-corrected chi connectivity index (χ1v) is 5.99. The molecular formula is C11H15NOS. The molecule has 76 valence electrons. The highest BCUT2D eigenvalue weighted by Crippen LogP contribution is 2.30. The molecule has 0 bridgehead atoms. The van der Waals surface area contributed by atoms with Crippen LogP contribution >= 0.6 is 11.8 Å². The summed E-state index contributed by atoms with van der Waals surface area (Å²) in [6, 6.07) is 8.19. The van der Waals surface area contributed by atoms with E-state index in [1.807, 2.05) is 18.2 Å². The van der Waals surface area contributed by atoms with Gasteiger partial charge in [-0.15, -0.1) is 11.8 Å². The van der Waals surface area contributed by atoms with Crippen molar-refractivity contribution >= 4 is 11.8 Å². The van der Waals surface area contributed by atoms with E-state index in [1.54, 1.807) is 11.8 Å². The van der Waals surface area contributed by atoms with Gasteiger partial charge in [-0.3, -0.25) is 0 Å². The van der Waals surface area contributed by atoms with E-state index in [1.165, 1.54) is 4.90 Å². The molecule has 0 aromatic heterocycles. The van der Waals surface area contributed by atoms with Crippen molar-refractivity contribution in [3.05, 3.63) is 24.3 Å². The van der Waals surface area contributed by atoms with Gasteiger partial charge in [0.2, 0.25) is 0 Å². The third kappa shape index (κ3) is 1.88. The quantitative estimate of drug-likeness (QED) is 0.771. The summed E-state index contributed by atoms with van der Waals surface area (Å²) in [6.07, 6.45) is 2.07. The molecule has 2 nitrogen and oxygen atoms in total. The van der Waals surface area contributed by atoms with Crippen LogP contribution < -0.4 is 10.1 Å². The van der Waals surface area contributed by atoms with Gasteiger partial charge < -0.3 is 10.1 Å². The average molecular weight is 209 g/mol. The normalized spacial score (nSPS) is 18.7. The molecule has 1 N–H and O–H groups in total. The van der Waals surface area contributed by atoms with Gasteiger partial charge in [0.05, 0.1) is 0 Å². The molecule has 0 saturated carbocycles. The number of nitrogens with one attached hydrogen (secondary N) is 1. The lowest BCUT2D eigenvalue weighted by molar-refractivity contribution is 0.0322. The van der Waals surface area contributed by atoms with Crippen molar-refractivity contribution in [3.8, 4) is 5.75 Å². The van der Waals surface area contributed by atoms with Gasteiger partial charge in [-0.25, -0.2) is 0 Å². The first kappa shape index (κ1) is 9.87. The molecule has 1 heterocycles. The van der Waals surface area contributed by atoms with E-state index in [2.05, 4.69) is 24.6 Å². The van der Waals surface area contributed by atoms with Gasteiger partial charge in [0.25, 0.3) is 0 Å². The highest BCUT2D eigenvalue weighted by Gasteiger charge is 2.34. The lowest BCUT2D eigenvalue weighted by Gasteiger charge is -2.39. The van der Waals surface area contributed by atoms with Crippen LogP contribution in [0, 0.1) is 0 Å². The van der Waals surface area contributed by atoms with E-state index in [-0.39, 0.29) is 5.60 Å². The second kappa shape index (κ2) is 3.83. The first-order chi connectivity index (χ1) is 6.73. The number of rotatable bonds is 3. The van der Waals surface area contributed by atoms with Crippen LogP contribution in [0.15, 0.2) is 29.2 Å². The average Bonchev–Trinajstić information content (AvgIpc) is 2.16. The highest BCUT2D eigenvalue weighted by atomic mass is 32.2. The van der Waals surface area contributed by atoms with Crippen LogP contribution in [-0.4, -0.2) is 24.9 Å². The smallest absolute Gasteiger partial charge is 0.133 e. The zero-order valence-electron chi connectivity index (χ0n) is 8.54. The summed E-state index contributed by atoms with van der Waals surface area (Å²) < 4.78 is 5.98. The number of benzene rings is 1. The fourth-order valence-electron chi connectivity index (χ4n) is 1.52. The third-order valence-corrected chi connectivity index (χ3v) is 3.20. The molecular weight excluding hydrogens is 194 g/mol.